The van der Waals surface area contributed by atoms with Crippen molar-refractivity contribution in [3.05, 3.63) is 30.3 Å². The Morgan fingerprint density at radius 3 is 2.74 bits per heavy atom. The SMILES string of the molecule is COC(=O)CSc1nnc(NC(=O)[C@@H](C)Sc2ccccc2)s1. The Labute approximate surface area is 146 Å². The minimum absolute atomic E-state index is 0.139. The highest BCUT2D eigenvalue weighted by molar-refractivity contribution is 8.01. The number of hydrogen-bond acceptors (Lipinski definition) is 8. The van der Waals surface area contributed by atoms with E-state index in [1.807, 2.05) is 37.3 Å². The van der Waals surface area contributed by atoms with Gasteiger partial charge in [0.25, 0.3) is 0 Å². The van der Waals surface area contributed by atoms with Gasteiger partial charge in [-0.1, -0.05) is 41.3 Å². The minimum atomic E-state index is -0.330. The lowest BCUT2D eigenvalue weighted by molar-refractivity contribution is -0.137. The summed E-state index contributed by atoms with van der Waals surface area (Å²) in [5.74, 6) is -0.303. The number of amides is 1. The molecule has 0 saturated heterocycles. The molecule has 0 aliphatic heterocycles. The minimum Gasteiger partial charge on any atom is -0.468 e. The van der Waals surface area contributed by atoms with Crippen molar-refractivity contribution in [3.8, 4) is 0 Å². The second kappa shape index (κ2) is 8.90. The number of benzene rings is 1. The smallest absolute Gasteiger partial charge is 0.316 e. The van der Waals surface area contributed by atoms with Crippen LogP contribution in [0, 0.1) is 0 Å². The number of rotatable bonds is 7. The molecule has 0 aliphatic rings. The molecule has 0 fully saturated rings. The van der Waals surface area contributed by atoms with Gasteiger partial charge >= 0.3 is 5.97 Å². The van der Waals surface area contributed by atoms with Gasteiger partial charge in [-0.25, -0.2) is 0 Å². The third kappa shape index (κ3) is 5.85. The van der Waals surface area contributed by atoms with E-state index in [1.165, 1.54) is 42.0 Å². The molecular weight excluding hydrogens is 354 g/mol. The van der Waals surface area contributed by atoms with Crippen LogP contribution in [0.2, 0.25) is 0 Å². The molecule has 122 valence electrons. The molecule has 0 saturated carbocycles. The second-order valence-electron chi connectivity index (χ2n) is 4.30. The Kier molecular flexibility index (Phi) is 6.87. The van der Waals surface area contributed by atoms with Gasteiger partial charge in [-0.15, -0.1) is 22.0 Å². The highest BCUT2D eigenvalue weighted by atomic mass is 32.2. The largest absolute Gasteiger partial charge is 0.468 e. The van der Waals surface area contributed by atoms with Crippen LogP contribution in [-0.2, 0) is 14.3 Å². The van der Waals surface area contributed by atoms with Crippen molar-refractivity contribution < 1.29 is 14.3 Å². The fourth-order valence-electron chi connectivity index (χ4n) is 1.46. The van der Waals surface area contributed by atoms with Gasteiger partial charge in [0.15, 0.2) is 4.34 Å². The zero-order valence-electron chi connectivity index (χ0n) is 12.5. The molecule has 2 aromatic rings. The van der Waals surface area contributed by atoms with Crippen molar-refractivity contribution in [1.82, 2.24) is 10.2 Å². The van der Waals surface area contributed by atoms with E-state index in [9.17, 15) is 9.59 Å². The molecule has 1 N–H and O–H groups in total. The van der Waals surface area contributed by atoms with E-state index < -0.39 is 0 Å². The van der Waals surface area contributed by atoms with E-state index in [2.05, 4.69) is 20.3 Å². The molecule has 6 nitrogen and oxygen atoms in total. The molecule has 0 bridgehead atoms. The predicted octanol–water partition coefficient (Wildman–Crippen LogP) is 2.92. The molecule has 1 amide bonds. The first-order valence-corrected chi connectivity index (χ1v) is 9.32. The summed E-state index contributed by atoms with van der Waals surface area (Å²) >= 11 is 3.93. The number of aromatic nitrogens is 2. The quantitative estimate of drug-likeness (QED) is 0.456. The predicted molar refractivity (Wildman–Crippen MR) is 93.0 cm³/mol. The Balaban J connectivity index is 1.85. The molecular formula is C14H15N3O3S3. The molecule has 23 heavy (non-hydrogen) atoms. The number of carbonyl (C=O) groups is 2. The molecule has 0 radical (unpaired) electrons. The average Bonchev–Trinajstić information content (AvgIpc) is 3.00. The molecule has 1 aromatic heterocycles. The van der Waals surface area contributed by atoms with Gasteiger partial charge in [0.2, 0.25) is 11.0 Å². The number of nitrogens with one attached hydrogen (secondary N) is 1. The fourth-order valence-corrected chi connectivity index (χ4v) is 3.94. The van der Waals surface area contributed by atoms with Crippen LogP contribution in [0.4, 0.5) is 5.13 Å². The number of thioether (sulfide) groups is 2. The lowest BCUT2D eigenvalue weighted by atomic mass is 10.4. The van der Waals surface area contributed by atoms with Gasteiger partial charge in [0.1, 0.15) is 0 Å². The maximum Gasteiger partial charge on any atom is 0.316 e. The maximum atomic E-state index is 12.2. The summed E-state index contributed by atoms with van der Waals surface area (Å²) in [7, 11) is 1.33. The molecule has 1 aromatic carbocycles. The van der Waals surface area contributed by atoms with E-state index >= 15 is 0 Å². The van der Waals surface area contributed by atoms with E-state index in [-0.39, 0.29) is 22.9 Å². The molecule has 1 heterocycles. The van der Waals surface area contributed by atoms with Crippen molar-refractivity contribution in [2.24, 2.45) is 0 Å². The lowest BCUT2D eigenvalue weighted by Crippen LogP contribution is -2.22. The topological polar surface area (TPSA) is 81.2 Å². The maximum absolute atomic E-state index is 12.2. The van der Waals surface area contributed by atoms with Crippen LogP contribution in [0.5, 0.6) is 0 Å². The number of ether oxygens (including phenoxy) is 1. The number of hydrogen-bond donors (Lipinski definition) is 1. The molecule has 2 rings (SSSR count). The standard InChI is InChI=1S/C14H15N3O3S3/c1-9(22-10-6-4-3-5-7-10)12(19)15-13-16-17-14(23-13)21-8-11(18)20-2/h3-7,9H,8H2,1-2H3,(H,15,16,19)/t9-/m1/s1. The van der Waals surface area contributed by atoms with Crippen LogP contribution in [0.15, 0.2) is 39.6 Å². The van der Waals surface area contributed by atoms with E-state index in [0.29, 0.717) is 9.47 Å². The Hall–Kier alpha value is -1.58. The van der Waals surface area contributed by atoms with Gasteiger partial charge in [0, 0.05) is 4.90 Å². The summed E-state index contributed by atoms with van der Waals surface area (Å²) in [5, 5.41) is 10.7. The van der Waals surface area contributed by atoms with Gasteiger partial charge < -0.3 is 4.74 Å². The second-order valence-corrected chi connectivity index (χ2v) is 7.91. The van der Waals surface area contributed by atoms with Crippen molar-refractivity contribution in [3.63, 3.8) is 0 Å². The van der Waals surface area contributed by atoms with Gasteiger partial charge in [0.05, 0.1) is 18.1 Å². The first-order chi connectivity index (χ1) is 11.1. The summed E-state index contributed by atoms with van der Waals surface area (Å²) in [5.41, 5.74) is 0. The molecule has 1 atom stereocenters. The summed E-state index contributed by atoms with van der Waals surface area (Å²) in [6.45, 7) is 1.83. The third-order valence-electron chi connectivity index (χ3n) is 2.60. The van der Waals surface area contributed by atoms with Crippen molar-refractivity contribution in [2.75, 3.05) is 18.2 Å². The Morgan fingerprint density at radius 2 is 2.04 bits per heavy atom. The van der Waals surface area contributed by atoms with Crippen molar-refractivity contribution >= 4 is 51.9 Å². The van der Waals surface area contributed by atoms with Crippen LogP contribution < -0.4 is 5.32 Å². The fraction of sp³-hybridized carbons (Fsp3) is 0.286. The van der Waals surface area contributed by atoms with Crippen LogP contribution in [0.1, 0.15) is 6.92 Å². The molecule has 0 unspecified atom stereocenters. The summed E-state index contributed by atoms with van der Waals surface area (Å²) < 4.78 is 5.16. The molecule has 0 spiro atoms. The Bertz CT molecular complexity index is 664. The zero-order chi connectivity index (χ0) is 16.7. The number of esters is 1. The monoisotopic (exact) mass is 369 g/mol. The van der Waals surface area contributed by atoms with Gasteiger partial charge in [-0.05, 0) is 19.1 Å². The summed E-state index contributed by atoms with van der Waals surface area (Å²) in [6, 6.07) is 9.72. The van der Waals surface area contributed by atoms with Crippen LogP contribution in [-0.4, -0.2) is 40.2 Å². The Morgan fingerprint density at radius 1 is 1.30 bits per heavy atom. The zero-order valence-corrected chi connectivity index (χ0v) is 15.0. The first-order valence-electron chi connectivity index (χ1n) is 6.64. The van der Waals surface area contributed by atoms with Crippen LogP contribution in [0.25, 0.3) is 0 Å². The number of methoxy groups -OCH3 is 1. The van der Waals surface area contributed by atoms with Crippen molar-refractivity contribution in [1.29, 1.82) is 0 Å². The van der Waals surface area contributed by atoms with Gasteiger partial charge in [-0.2, -0.15) is 0 Å². The van der Waals surface area contributed by atoms with Crippen LogP contribution >= 0.6 is 34.9 Å². The number of anilines is 1. The van der Waals surface area contributed by atoms with Crippen molar-refractivity contribution in [2.45, 2.75) is 21.4 Å². The molecule has 9 heteroatoms. The van der Waals surface area contributed by atoms with Crippen LogP contribution in [0.3, 0.4) is 0 Å². The van der Waals surface area contributed by atoms with E-state index in [0.717, 1.165) is 4.90 Å². The van der Waals surface area contributed by atoms with E-state index in [1.54, 1.807) is 0 Å². The highest BCUT2D eigenvalue weighted by Crippen LogP contribution is 2.27. The van der Waals surface area contributed by atoms with E-state index in [4.69, 9.17) is 0 Å². The number of nitrogens with zero attached hydrogens (tertiary/aromatic N) is 2. The normalized spacial score (nSPS) is 11.7. The average molecular weight is 369 g/mol. The van der Waals surface area contributed by atoms with Gasteiger partial charge in [-0.3, -0.25) is 14.9 Å². The highest BCUT2D eigenvalue weighted by Gasteiger charge is 2.17. The first kappa shape index (κ1) is 17.8. The summed E-state index contributed by atoms with van der Waals surface area (Å²) in [6.07, 6.45) is 0. The number of carbonyl (C=O) groups excluding carboxylic acids is 2. The lowest BCUT2D eigenvalue weighted by Gasteiger charge is -2.09. The third-order valence-corrected chi connectivity index (χ3v) is 5.66. The summed E-state index contributed by atoms with van der Waals surface area (Å²) in [4.78, 5) is 24.3. The molecule has 0 aliphatic carbocycles.